The van der Waals surface area contributed by atoms with Gasteiger partial charge in [0, 0.05) is 0 Å². The molecule has 0 aliphatic rings. The minimum atomic E-state index is -1.79. The van der Waals surface area contributed by atoms with E-state index in [0.717, 1.165) is 8.70 Å². The molecule has 0 N–H and O–H groups in total. The third-order valence-electron chi connectivity index (χ3n) is 2.27. The molecule has 0 amide bonds. The van der Waals surface area contributed by atoms with Gasteiger partial charge in [-0.15, -0.1) is 0 Å². The van der Waals surface area contributed by atoms with Gasteiger partial charge in [0.25, 0.3) is 0 Å². The first-order valence-electron chi connectivity index (χ1n) is 4.94. The Hall–Kier alpha value is -1.31. The predicted molar refractivity (Wildman–Crippen MR) is 70.4 cm³/mol. The Kier molecular flexibility index (Phi) is 3.82. The second-order valence-electron chi connectivity index (χ2n) is 3.39. The zero-order chi connectivity index (χ0) is 12.3. The molecule has 1 unspecified atom stereocenters. The average Bonchev–Trinajstić information content (AvgIpc) is 2.39. The molecule has 0 saturated carbocycles. The number of hydrogen-bond donors (Lipinski definition) is 0. The van der Waals surface area contributed by atoms with E-state index in [2.05, 4.69) is 0 Å². The Morgan fingerprint density at radius 3 is 2.00 bits per heavy atom. The Bertz CT molecular complexity index is 516. The van der Waals surface area contributed by atoms with E-state index in [0.29, 0.717) is 0 Å². The molecule has 0 heterocycles. The SMILES string of the molecule is O=[N+]([O-])c1ccc([As](Cl)c2ccccc2)cc1. The van der Waals surface area contributed by atoms with Gasteiger partial charge >= 0.3 is 108 Å². The normalized spacial score (nSPS) is 12.1. The summed E-state index contributed by atoms with van der Waals surface area (Å²) in [5.41, 5.74) is 0.0980. The number of halogens is 1. The first-order valence-corrected chi connectivity index (χ1v) is 9.28. The van der Waals surface area contributed by atoms with Gasteiger partial charge in [0.2, 0.25) is 0 Å². The standard InChI is InChI=1S/C12H9AsClNO2/c14-13(10-4-2-1-3-5-10)11-6-8-12(9-7-11)15(16)17/h1-9H. The molecule has 1 atom stereocenters. The van der Waals surface area contributed by atoms with Crippen molar-refractivity contribution in [3.63, 3.8) is 0 Å². The predicted octanol–water partition coefficient (Wildman–Crippen LogP) is 1.94. The van der Waals surface area contributed by atoms with E-state index in [1.54, 1.807) is 12.1 Å². The molecular weight excluding hydrogens is 301 g/mol. The fourth-order valence-electron chi connectivity index (χ4n) is 1.41. The number of nitrogens with zero attached hydrogens (tertiary/aromatic N) is 1. The van der Waals surface area contributed by atoms with Crippen LogP contribution in [0.1, 0.15) is 0 Å². The minimum absolute atomic E-state index is 0.0980. The van der Waals surface area contributed by atoms with Crippen LogP contribution in [0, 0.1) is 10.1 Å². The summed E-state index contributed by atoms with van der Waals surface area (Å²) in [6, 6.07) is 16.3. The Balaban J connectivity index is 2.26. The van der Waals surface area contributed by atoms with Gasteiger partial charge < -0.3 is 0 Å². The second kappa shape index (κ2) is 5.35. The summed E-state index contributed by atoms with van der Waals surface area (Å²) in [6.45, 7) is 0. The molecule has 0 aliphatic carbocycles. The summed E-state index contributed by atoms with van der Waals surface area (Å²) in [5, 5.41) is 10.5. The zero-order valence-corrected chi connectivity index (χ0v) is 11.4. The van der Waals surface area contributed by atoms with Crippen LogP contribution in [-0.2, 0) is 0 Å². The monoisotopic (exact) mass is 309 g/mol. The third kappa shape index (κ3) is 2.87. The van der Waals surface area contributed by atoms with E-state index in [9.17, 15) is 10.1 Å². The fraction of sp³-hybridized carbons (Fsp3) is 0. The second-order valence-corrected chi connectivity index (χ2v) is 8.49. The molecule has 2 aromatic carbocycles. The Morgan fingerprint density at radius 1 is 0.941 bits per heavy atom. The van der Waals surface area contributed by atoms with Gasteiger partial charge in [-0.3, -0.25) is 0 Å². The van der Waals surface area contributed by atoms with Crippen LogP contribution in [0.4, 0.5) is 5.69 Å². The summed E-state index contributed by atoms with van der Waals surface area (Å²) in [5.74, 6) is 0. The van der Waals surface area contributed by atoms with Crippen molar-refractivity contribution in [2.45, 2.75) is 0 Å². The number of rotatable bonds is 3. The van der Waals surface area contributed by atoms with Crippen molar-refractivity contribution in [2.75, 3.05) is 0 Å². The van der Waals surface area contributed by atoms with Gasteiger partial charge in [-0.1, -0.05) is 0 Å². The van der Waals surface area contributed by atoms with Crippen LogP contribution in [0.25, 0.3) is 0 Å². The molecule has 0 fully saturated rings. The number of benzene rings is 2. The topological polar surface area (TPSA) is 43.1 Å². The van der Waals surface area contributed by atoms with Gasteiger partial charge in [-0.05, 0) is 0 Å². The van der Waals surface area contributed by atoms with Gasteiger partial charge in [0.1, 0.15) is 0 Å². The van der Waals surface area contributed by atoms with E-state index in [4.69, 9.17) is 9.95 Å². The van der Waals surface area contributed by atoms with Crippen molar-refractivity contribution >= 4 is 38.0 Å². The van der Waals surface area contributed by atoms with E-state index >= 15 is 0 Å². The van der Waals surface area contributed by atoms with Crippen LogP contribution in [0.3, 0.4) is 0 Å². The molecule has 3 nitrogen and oxygen atoms in total. The summed E-state index contributed by atoms with van der Waals surface area (Å²) in [7, 11) is 6.44. The molecule has 0 aromatic heterocycles. The number of nitro benzene ring substituents is 1. The molecule has 2 rings (SSSR count). The van der Waals surface area contributed by atoms with Gasteiger partial charge in [-0.2, -0.15) is 0 Å². The number of nitro groups is 1. The molecular formula is C12H9AsClNO2. The van der Waals surface area contributed by atoms with Crippen molar-refractivity contribution in [2.24, 2.45) is 0 Å². The first-order chi connectivity index (χ1) is 8.18. The summed E-state index contributed by atoms with van der Waals surface area (Å²) in [6.07, 6.45) is 0. The van der Waals surface area contributed by atoms with Gasteiger partial charge in [0.05, 0.1) is 0 Å². The zero-order valence-electron chi connectivity index (χ0n) is 8.79. The van der Waals surface area contributed by atoms with Crippen LogP contribution in [0.5, 0.6) is 0 Å². The third-order valence-corrected chi connectivity index (χ3v) is 7.45. The molecule has 86 valence electrons. The molecule has 17 heavy (non-hydrogen) atoms. The summed E-state index contributed by atoms with van der Waals surface area (Å²) in [4.78, 5) is 10.1. The van der Waals surface area contributed by atoms with Crippen LogP contribution in [-0.4, -0.2) is 18.6 Å². The van der Waals surface area contributed by atoms with E-state index in [1.165, 1.54) is 12.1 Å². The van der Waals surface area contributed by atoms with Gasteiger partial charge in [0.15, 0.2) is 0 Å². The van der Waals surface area contributed by atoms with Crippen LogP contribution in [0.2, 0.25) is 0 Å². The molecule has 0 spiro atoms. The van der Waals surface area contributed by atoms with Crippen molar-refractivity contribution in [1.82, 2.24) is 0 Å². The summed E-state index contributed by atoms with van der Waals surface area (Å²) < 4.78 is 2.12. The Labute approximate surface area is 108 Å². The van der Waals surface area contributed by atoms with Crippen molar-refractivity contribution in [1.29, 1.82) is 0 Å². The van der Waals surface area contributed by atoms with Crippen LogP contribution >= 0.6 is 9.95 Å². The van der Waals surface area contributed by atoms with E-state index in [1.807, 2.05) is 30.3 Å². The average molecular weight is 310 g/mol. The van der Waals surface area contributed by atoms with E-state index < -0.39 is 18.6 Å². The molecule has 0 radical (unpaired) electrons. The fourth-order valence-corrected chi connectivity index (χ4v) is 4.98. The quantitative estimate of drug-likeness (QED) is 0.494. The maximum atomic E-state index is 10.5. The van der Waals surface area contributed by atoms with Crippen molar-refractivity contribution in [3.05, 3.63) is 64.7 Å². The van der Waals surface area contributed by atoms with Gasteiger partial charge in [-0.25, -0.2) is 0 Å². The summed E-state index contributed by atoms with van der Waals surface area (Å²) >= 11 is -1.79. The Morgan fingerprint density at radius 2 is 1.47 bits per heavy atom. The molecule has 0 saturated heterocycles. The van der Waals surface area contributed by atoms with Crippen molar-refractivity contribution < 1.29 is 4.92 Å². The van der Waals surface area contributed by atoms with Crippen LogP contribution in [0.15, 0.2) is 54.6 Å². The molecule has 5 heteroatoms. The molecule has 0 aliphatic heterocycles. The number of non-ortho nitro benzene ring substituents is 1. The van der Waals surface area contributed by atoms with Crippen molar-refractivity contribution in [3.8, 4) is 0 Å². The van der Waals surface area contributed by atoms with Crippen LogP contribution < -0.4 is 8.70 Å². The van der Waals surface area contributed by atoms with E-state index in [-0.39, 0.29) is 5.69 Å². The first kappa shape index (κ1) is 12.2. The maximum absolute atomic E-state index is 10.5. The number of hydrogen-bond acceptors (Lipinski definition) is 2. The molecule has 2 aromatic rings. The molecule has 0 bridgehead atoms.